The summed E-state index contributed by atoms with van der Waals surface area (Å²) >= 11 is 0. The Balaban J connectivity index is 3.48. The molecule has 0 atom stereocenters. The largest absolute Gasteiger partial charge is 0.283 e. The minimum atomic E-state index is -3.84. The molecular weight excluding hydrogens is 260 g/mol. The van der Waals surface area contributed by atoms with E-state index in [-0.39, 0.29) is 15.9 Å². The van der Waals surface area contributed by atoms with Gasteiger partial charge in [-0.1, -0.05) is 32.9 Å². The van der Waals surface area contributed by atoms with Crippen LogP contribution in [0.1, 0.15) is 38.8 Å². The van der Waals surface area contributed by atoms with Gasteiger partial charge < -0.3 is 0 Å². The molecule has 19 heavy (non-hydrogen) atoms. The lowest BCUT2D eigenvalue weighted by atomic mass is 9.91. The van der Waals surface area contributed by atoms with Crippen LogP contribution in [0.2, 0.25) is 0 Å². The predicted molar refractivity (Wildman–Crippen MR) is 75.6 cm³/mol. The topological polar surface area (TPSA) is 70.3 Å². The zero-order chi connectivity index (χ0) is 14.8. The Morgan fingerprint density at radius 2 is 1.89 bits per heavy atom. The van der Waals surface area contributed by atoms with Crippen LogP contribution in [0.3, 0.4) is 0 Å². The number of aryl methyl sites for hydroxylation is 1. The van der Waals surface area contributed by atoms with Crippen molar-refractivity contribution >= 4 is 15.7 Å². The predicted octanol–water partition coefficient (Wildman–Crippen LogP) is 3.06. The molecule has 5 heteroatoms. The molecule has 0 aliphatic rings. The van der Waals surface area contributed by atoms with Gasteiger partial charge in [0.2, 0.25) is 0 Å². The quantitative estimate of drug-likeness (QED) is 0.780. The first-order valence-corrected chi connectivity index (χ1v) is 7.35. The van der Waals surface area contributed by atoms with Crippen molar-refractivity contribution in [3.8, 4) is 6.07 Å². The van der Waals surface area contributed by atoms with E-state index in [4.69, 9.17) is 5.26 Å². The number of nitrogens with zero attached hydrogens (tertiary/aromatic N) is 2. The van der Waals surface area contributed by atoms with Gasteiger partial charge in [-0.05, 0) is 25.5 Å². The summed E-state index contributed by atoms with van der Waals surface area (Å²) in [4.78, 5) is -0.0291. The Morgan fingerprint density at radius 3 is 2.37 bits per heavy atom. The highest BCUT2D eigenvalue weighted by molar-refractivity contribution is 7.90. The number of hydrogen-bond donors (Lipinski definition) is 0. The van der Waals surface area contributed by atoms with Gasteiger partial charge in [-0.25, -0.2) is 0 Å². The minimum Gasteiger partial charge on any atom is -0.199 e. The van der Waals surface area contributed by atoms with E-state index < -0.39 is 10.0 Å². The van der Waals surface area contributed by atoms with E-state index in [0.717, 1.165) is 0 Å². The molecule has 0 amide bonds. The lowest BCUT2D eigenvalue weighted by Crippen LogP contribution is -2.18. The highest BCUT2D eigenvalue weighted by atomic mass is 32.2. The molecule has 1 aromatic carbocycles. The Hall–Kier alpha value is -1.67. The minimum absolute atomic E-state index is 0.0291. The summed E-state index contributed by atoms with van der Waals surface area (Å²) in [6, 6.07) is 6.67. The fourth-order valence-electron chi connectivity index (χ4n) is 1.37. The van der Waals surface area contributed by atoms with Crippen molar-refractivity contribution in [2.24, 2.45) is 9.81 Å². The lowest BCUT2D eigenvalue weighted by Gasteiger charge is -2.17. The first kappa shape index (κ1) is 15.4. The van der Waals surface area contributed by atoms with E-state index in [1.54, 1.807) is 26.0 Å². The van der Waals surface area contributed by atoms with Gasteiger partial charge in [-0.3, -0.25) is 0 Å². The second-order valence-electron chi connectivity index (χ2n) is 5.46. The third-order valence-electron chi connectivity index (χ3n) is 2.97. The van der Waals surface area contributed by atoms with Crippen LogP contribution in [0.15, 0.2) is 27.5 Å². The summed E-state index contributed by atoms with van der Waals surface area (Å²) in [5.74, 6) is 0. The molecule has 0 N–H and O–H groups in total. The molecule has 1 rings (SSSR count). The maximum atomic E-state index is 12.3. The smallest absolute Gasteiger partial charge is 0.199 e. The van der Waals surface area contributed by atoms with Crippen LogP contribution in [0.5, 0.6) is 0 Å². The summed E-state index contributed by atoms with van der Waals surface area (Å²) in [6.07, 6.45) is 0. The number of nitriles is 1. The van der Waals surface area contributed by atoms with Gasteiger partial charge in [0.1, 0.15) is 11.0 Å². The highest BCUT2D eigenvalue weighted by Crippen LogP contribution is 2.23. The monoisotopic (exact) mass is 278 g/mol. The number of benzene rings is 1. The molecule has 0 saturated carbocycles. The maximum Gasteiger partial charge on any atom is 0.283 e. The zero-order valence-electron chi connectivity index (χ0n) is 11.9. The molecule has 0 bridgehead atoms. The Bertz CT molecular complexity index is 660. The molecule has 1 aromatic rings. The first-order chi connectivity index (χ1) is 8.59. The number of rotatable bonds is 2. The van der Waals surface area contributed by atoms with Crippen molar-refractivity contribution in [3.63, 3.8) is 0 Å². The Labute approximate surface area is 114 Å². The second-order valence-corrected chi connectivity index (χ2v) is 7.03. The molecule has 0 aliphatic heterocycles. The standard InChI is InChI=1S/C14H18N2O2S/c1-10-7-6-8-13(12(10)9-15)19(17,18)16-11(2)14(3,4)5/h6-8H,1-5H3/b16-11+. The first-order valence-electron chi connectivity index (χ1n) is 5.91. The average Bonchev–Trinajstić information content (AvgIpc) is 2.26. The van der Waals surface area contributed by atoms with Gasteiger partial charge in [0.25, 0.3) is 10.0 Å². The van der Waals surface area contributed by atoms with Gasteiger partial charge in [0.15, 0.2) is 0 Å². The van der Waals surface area contributed by atoms with Crippen molar-refractivity contribution in [3.05, 3.63) is 29.3 Å². The molecule has 0 unspecified atom stereocenters. The van der Waals surface area contributed by atoms with E-state index in [2.05, 4.69) is 4.40 Å². The number of sulfonamides is 1. The molecule has 0 saturated heterocycles. The molecule has 102 valence electrons. The summed E-state index contributed by atoms with van der Waals surface area (Å²) in [6.45, 7) is 9.06. The van der Waals surface area contributed by atoms with Crippen LogP contribution in [-0.2, 0) is 10.0 Å². The van der Waals surface area contributed by atoms with Crippen molar-refractivity contribution in [2.75, 3.05) is 0 Å². The van der Waals surface area contributed by atoms with Gasteiger partial charge in [0, 0.05) is 11.1 Å². The molecule has 4 nitrogen and oxygen atoms in total. The molecule has 0 fully saturated rings. The molecule has 0 aromatic heterocycles. The maximum absolute atomic E-state index is 12.3. The summed E-state index contributed by atoms with van der Waals surface area (Å²) in [5, 5.41) is 9.09. The molecule has 0 spiro atoms. The molecule has 0 heterocycles. The van der Waals surface area contributed by atoms with Crippen LogP contribution in [-0.4, -0.2) is 14.1 Å². The third kappa shape index (κ3) is 3.42. The van der Waals surface area contributed by atoms with Gasteiger partial charge in [-0.15, -0.1) is 0 Å². The van der Waals surface area contributed by atoms with Crippen LogP contribution >= 0.6 is 0 Å². The van der Waals surface area contributed by atoms with Crippen molar-refractivity contribution in [2.45, 2.75) is 39.5 Å². The normalized spacial score (nSPS) is 13.2. The molecular formula is C14H18N2O2S. The fraction of sp³-hybridized carbons (Fsp3) is 0.429. The van der Waals surface area contributed by atoms with E-state index in [9.17, 15) is 8.42 Å². The Morgan fingerprint density at radius 1 is 1.32 bits per heavy atom. The second kappa shape index (κ2) is 5.14. The molecule has 0 radical (unpaired) electrons. The van der Waals surface area contributed by atoms with E-state index in [0.29, 0.717) is 11.3 Å². The zero-order valence-corrected chi connectivity index (χ0v) is 12.7. The van der Waals surface area contributed by atoms with Crippen LogP contribution in [0.25, 0.3) is 0 Å². The van der Waals surface area contributed by atoms with Crippen LogP contribution in [0, 0.1) is 23.7 Å². The average molecular weight is 278 g/mol. The Kier molecular flexibility index (Phi) is 4.16. The van der Waals surface area contributed by atoms with Crippen molar-refractivity contribution in [1.29, 1.82) is 5.26 Å². The van der Waals surface area contributed by atoms with E-state index in [1.165, 1.54) is 6.07 Å². The summed E-state index contributed by atoms with van der Waals surface area (Å²) < 4.78 is 28.4. The lowest BCUT2D eigenvalue weighted by molar-refractivity contribution is 0.579. The highest BCUT2D eigenvalue weighted by Gasteiger charge is 2.22. The number of hydrogen-bond acceptors (Lipinski definition) is 3. The van der Waals surface area contributed by atoms with Gasteiger partial charge >= 0.3 is 0 Å². The van der Waals surface area contributed by atoms with Gasteiger partial charge in [-0.2, -0.15) is 18.1 Å². The molecule has 0 aliphatic carbocycles. The van der Waals surface area contributed by atoms with Crippen molar-refractivity contribution < 1.29 is 8.42 Å². The van der Waals surface area contributed by atoms with E-state index in [1.807, 2.05) is 26.8 Å². The van der Waals surface area contributed by atoms with Crippen LogP contribution in [0.4, 0.5) is 0 Å². The van der Waals surface area contributed by atoms with Crippen LogP contribution < -0.4 is 0 Å². The van der Waals surface area contributed by atoms with E-state index >= 15 is 0 Å². The summed E-state index contributed by atoms with van der Waals surface area (Å²) in [5.41, 5.74) is 0.974. The summed E-state index contributed by atoms with van der Waals surface area (Å²) in [7, 11) is -3.84. The van der Waals surface area contributed by atoms with Gasteiger partial charge in [0.05, 0.1) is 5.56 Å². The third-order valence-corrected chi connectivity index (χ3v) is 4.38. The SMILES string of the molecule is C/C(=N\S(=O)(=O)c1cccc(C)c1C#N)C(C)(C)C. The van der Waals surface area contributed by atoms with Crippen molar-refractivity contribution in [1.82, 2.24) is 0 Å². The fourth-order valence-corrected chi connectivity index (χ4v) is 2.81.